The van der Waals surface area contributed by atoms with Crippen molar-refractivity contribution in [1.82, 2.24) is 34.4 Å². The number of hydrogen-bond donors (Lipinski definition) is 0. The van der Waals surface area contributed by atoms with Crippen LogP contribution >= 0.6 is 0 Å². The lowest BCUT2D eigenvalue weighted by atomic mass is 9.95. The lowest BCUT2D eigenvalue weighted by molar-refractivity contribution is 0.0710. The number of benzene rings is 1. The van der Waals surface area contributed by atoms with Crippen molar-refractivity contribution in [3.8, 4) is 0 Å². The highest BCUT2D eigenvalue weighted by Gasteiger charge is 2.27. The van der Waals surface area contributed by atoms with E-state index in [1.807, 2.05) is 29.2 Å². The summed E-state index contributed by atoms with van der Waals surface area (Å²) in [7, 11) is 0. The van der Waals surface area contributed by atoms with Crippen LogP contribution in [0.2, 0.25) is 0 Å². The summed E-state index contributed by atoms with van der Waals surface area (Å²) in [6, 6.07) is 8.10. The molecule has 0 saturated carbocycles. The Morgan fingerprint density at radius 3 is 2.54 bits per heavy atom. The summed E-state index contributed by atoms with van der Waals surface area (Å²) in [4.78, 5) is 18.8. The van der Waals surface area contributed by atoms with Crippen molar-refractivity contribution in [2.45, 2.75) is 45.2 Å². The van der Waals surface area contributed by atoms with E-state index in [1.54, 1.807) is 17.3 Å². The van der Waals surface area contributed by atoms with Gasteiger partial charge in [-0.3, -0.25) is 4.79 Å². The third kappa shape index (κ3) is 3.81. The van der Waals surface area contributed by atoms with Gasteiger partial charge in [-0.2, -0.15) is 5.10 Å². The van der Waals surface area contributed by atoms with Gasteiger partial charge in [0, 0.05) is 30.6 Å². The molecule has 0 aliphatic carbocycles. The van der Waals surface area contributed by atoms with E-state index in [1.165, 1.54) is 6.33 Å². The Morgan fingerprint density at radius 1 is 1.14 bits per heavy atom. The molecule has 1 aliphatic rings. The van der Waals surface area contributed by atoms with Crippen molar-refractivity contribution in [3.63, 3.8) is 0 Å². The lowest BCUT2D eigenvalue weighted by Gasteiger charge is -2.32. The zero-order chi connectivity index (χ0) is 19.5. The molecule has 4 rings (SSSR count). The minimum absolute atomic E-state index is 0.0936. The van der Waals surface area contributed by atoms with Gasteiger partial charge in [0.25, 0.3) is 5.91 Å². The number of rotatable bonds is 5. The van der Waals surface area contributed by atoms with Crippen LogP contribution in [0.3, 0.4) is 0 Å². The molecule has 3 heterocycles. The number of amides is 1. The monoisotopic (exact) mass is 379 g/mol. The number of aromatic nitrogens is 6. The maximum atomic E-state index is 12.9. The summed E-state index contributed by atoms with van der Waals surface area (Å²) < 4.78 is 3.90. The molecule has 1 aromatic carbocycles. The van der Waals surface area contributed by atoms with E-state index in [0.717, 1.165) is 42.9 Å². The zero-order valence-electron chi connectivity index (χ0n) is 16.3. The van der Waals surface area contributed by atoms with Crippen molar-refractivity contribution < 1.29 is 4.79 Å². The fraction of sp³-hybridized carbons (Fsp3) is 0.450. The van der Waals surface area contributed by atoms with Crippen LogP contribution in [-0.2, 0) is 6.54 Å². The Morgan fingerprint density at radius 2 is 1.89 bits per heavy atom. The molecule has 1 amide bonds. The van der Waals surface area contributed by atoms with E-state index >= 15 is 0 Å². The third-order valence-electron chi connectivity index (χ3n) is 5.32. The molecule has 1 aliphatic heterocycles. The van der Waals surface area contributed by atoms with E-state index in [9.17, 15) is 4.79 Å². The van der Waals surface area contributed by atoms with Crippen LogP contribution in [0.1, 0.15) is 60.4 Å². The van der Waals surface area contributed by atoms with Gasteiger partial charge in [0.05, 0.1) is 6.54 Å². The van der Waals surface area contributed by atoms with E-state index < -0.39 is 0 Å². The Labute approximate surface area is 164 Å². The average Bonchev–Trinajstić information content (AvgIpc) is 3.40. The Balaban J connectivity index is 1.36. The molecule has 3 aromatic rings. The molecule has 0 atom stereocenters. The number of hydrogen-bond acceptors (Lipinski definition) is 5. The molecular formula is C20H25N7O. The van der Waals surface area contributed by atoms with Gasteiger partial charge >= 0.3 is 0 Å². The van der Waals surface area contributed by atoms with Crippen LogP contribution in [0.4, 0.5) is 0 Å². The van der Waals surface area contributed by atoms with Gasteiger partial charge in [0.2, 0.25) is 0 Å². The number of carbonyl (C=O) groups is 1. The van der Waals surface area contributed by atoms with Crippen molar-refractivity contribution >= 4 is 5.91 Å². The second-order valence-electron chi connectivity index (χ2n) is 7.55. The first-order valence-electron chi connectivity index (χ1n) is 9.72. The first kappa shape index (κ1) is 18.3. The summed E-state index contributed by atoms with van der Waals surface area (Å²) in [6.07, 6.45) is 6.84. The van der Waals surface area contributed by atoms with Gasteiger partial charge in [-0.05, 0) is 44.4 Å². The molecular weight excluding hydrogens is 354 g/mol. The zero-order valence-corrected chi connectivity index (χ0v) is 16.3. The number of piperidine rings is 1. The van der Waals surface area contributed by atoms with E-state index in [2.05, 4.69) is 38.7 Å². The minimum atomic E-state index is 0.0936. The smallest absolute Gasteiger partial charge is 0.253 e. The fourth-order valence-corrected chi connectivity index (χ4v) is 3.72. The summed E-state index contributed by atoms with van der Waals surface area (Å²) in [6.45, 7) is 6.41. The fourth-order valence-electron chi connectivity index (χ4n) is 3.72. The number of likely N-dealkylation sites (tertiary alicyclic amines) is 1. The highest BCUT2D eigenvalue weighted by atomic mass is 16.2. The van der Waals surface area contributed by atoms with Gasteiger partial charge in [-0.25, -0.2) is 9.67 Å². The molecule has 28 heavy (non-hydrogen) atoms. The third-order valence-corrected chi connectivity index (χ3v) is 5.32. The molecule has 1 saturated heterocycles. The van der Waals surface area contributed by atoms with Crippen LogP contribution in [0.5, 0.6) is 0 Å². The van der Waals surface area contributed by atoms with Crippen molar-refractivity contribution in [2.24, 2.45) is 0 Å². The number of carbonyl (C=O) groups excluding carboxylic acids is 1. The van der Waals surface area contributed by atoms with Gasteiger partial charge in [-0.15, -0.1) is 10.2 Å². The first-order chi connectivity index (χ1) is 13.6. The molecule has 0 bridgehead atoms. The van der Waals surface area contributed by atoms with Crippen molar-refractivity contribution in [3.05, 3.63) is 60.2 Å². The molecule has 0 spiro atoms. The van der Waals surface area contributed by atoms with E-state index in [0.29, 0.717) is 18.5 Å². The van der Waals surface area contributed by atoms with E-state index in [-0.39, 0.29) is 5.91 Å². The van der Waals surface area contributed by atoms with Crippen LogP contribution < -0.4 is 0 Å². The van der Waals surface area contributed by atoms with E-state index in [4.69, 9.17) is 0 Å². The largest absolute Gasteiger partial charge is 0.339 e. The molecule has 0 N–H and O–H groups in total. The SMILES string of the molecule is CC(C)n1cnnc1C1CCN(C(=O)c2ccc(Cn3cncn3)cc2)CC1. The molecule has 1 fully saturated rings. The van der Waals surface area contributed by atoms with Crippen molar-refractivity contribution in [1.29, 1.82) is 0 Å². The lowest BCUT2D eigenvalue weighted by Crippen LogP contribution is -2.38. The van der Waals surface area contributed by atoms with Crippen LogP contribution in [-0.4, -0.2) is 53.4 Å². The minimum Gasteiger partial charge on any atom is -0.339 e. The molecule has 8 heteroatoms. The highest BCUT2D eigenvalue weighted by Crippen LogP contribution is 2.28. The standard InChI is InChI=1S/C20H25N7O/c1-15(2)27-14-22-24-19(27)17-7-9-25(10-8-17)20(28)18-5-3-16(4-6-18)11-26-13-21-12-23-26/h3-6,12-15,17H,7-11H2,1-2H3. The second kappa shape index (κ2) is 7.92. The molecule has 0 unspecified atom stereocenters. The topological polar surface area (TPSA) is 81.7 Å². The maximum Gasteiger partial charge on any atom is 0.253 e. The van der Waals surface area contributed by atoms with Crippen LogP contribution in [0.25, 0.3) is 0 Å². The van der Waals surface area contributed by atoms with Gasteiger partial charge < -0.3 is 9.47 Å². The van der Waals surface area contributed by atoms with Crippen LogP contribution in [0, 0.1) is 0 Å². The second-order valence-corrected chi connectivity index (χ2v) is 7.55. The molecule has 2 aromatic heterocycles. The van der Waals surface area contributed by atoms with Gasteiger partial charge in [0.15, 0.2) is 0 Å². The Bertz CT molecular complexity index is 906. The van der Waals surface area contributed by atoms with Crippen LogP contribution in [0.15, 0.2) is 43.2 Å². The molecule has 146 valence electrons. The summed E-state index contributed by atoms with van der Waals surface area (Å²) in [5.41, 5.74) is 1.82. The van der Waals surface area contributed by atoms with Gasteiger partial charge in [0.1, 0.15) is 24.8 Å². The predicted octanol–water partition coefficient (Wildman–Crippen LogP) is 2.52. The number of nitrogens with zero attached hydrogens (tertiary/aromatic N) is 7. The van der Waals surface area contributed by atoms with Gasteiger partial charge in [-0.1, -0.05) is 12.1 Å². The summed E-state index contributed by atoms with van der Waals surface area (Å²) >= 11 is 0. The first-order valence-corrected chi connectivity index (χ1v) is 9.72. The van der Waals surface area contributed by atoms with Crippen molar-refractivity contribution in [2.75, 3.05) is 13.1 Å². The maximum absolute atomic E-state index is 12.9. The predicted molar refractivity (Wildman–Crippen MR) is 104 cm³/mol. The highest BCUT2D eigenvalue weighted by molar-refractivity contribution is 5.94. The quantitative estimate of drug-likeness (QED) is 0.680. The summed E-state index contributed by atoms with van der Waals surface area (Å²) in [5.74, 6) is 1.50. The Kier molecular flexibility index (Phi) is 5.18. The normalized spacial score (nSPS) is 15.3. The average molecular weight is 379 g/mol. The molecule has 0 radical (unpaired) electrons. The summed E-state index contributed by atoms with van der Waals surface area (Å²) in [5, 5.41) is 12.5. The Hall–Kier alpha value is -3.03. The molecule has 8 nitrogen and oxygen atoms in total.